The average Bonchev–Trinajstić information content (AvgIpc) is 2.77. The Hall–Kier alpha value is -0.120. The summed E-state index contributed by atoms with van der Waals surface area (Å²) in [5, 5.41) is 10.6. The number of piperazine rings is 1. The zero-order chi connectivity index (χ0) is 12.6. The van der Waals surface area contributed by atoms with Crippen molar-refractivity contribution in [2.45, 2.75) is 69.6 Å². The lowest BCUT2D eigenvalue weighted by atomic mass is 9.94. The quantitative estimate of drug-likeness (QED) is 0.812. The van der Waals surface area contributed by atoms with Crippen LogP contribution in [0.2, 0.25) is 0 Å². The summed E-state index contributed by atoms with van der Waals surface area (Å²) in [6.45, 7) is 6.94. The first kappa shape index (κ1) is 12.9. The minimum absolute atomic E-state index is 0.370. The van der Waals surface area contributed by atoms with Gasteiger partial charge in [-0.05, 0) is 39.2 Å². The standard InChI is InChI=1S/C15H28N2O/c1-13-10-16-9-5-2-6-14(16)11-17(13)12-15(18)7-3-4-8-15/h13-14,18H,2-12H2,1H3. The first-order valence-corrected chi connectivity index (χ1v) is 7.87. The molecule has 3 heteroatoms. The third-order valence-electron chi connectivity index (χ3n) is 5.35. The molecule has 2 atom stereocenters. The maximum absolute atomic E-state index is 10.6. The number of fused-ring (bicyclic) bond motifs is 1. The number of β-amino-alcohol motifs (C(OH)–C–C–N with tert-alkyl or cyclic N) is 1. The highest BCUT2D eigenvalue weighted by Gasteiger charge is 2.38. The van der Waals surface area contributed by atoms with Crippen LogP contribution in [0.5, 0.6) is 0 Å². The van der Waals surface area contributed by atoms with E-state index in [9.17, 15) is 5.11 Å². The van der Waals surface area contributed by atoms with Gasteiger partial charge in [0.1, 0.15) is 0 Å². The molecule has 0 aromatic heterocycles. The van der Waals surface area contributed by atoms with Gasteiger partial charge in [-0.3, -0.25) is 9.80 Å². The van der Waals surface area contributed by atoms with Crippen LogP contribution < -0.4 is 0 Å². The van der Waals surface area contributed by atoms with Gasteiger partial charge in [-0.25, -0.2) is 0 Å². The van der Waals surface area contributed by atoms with Gasteiger partial charge in [-0.1, -0.05) is 19.3 Å². The molecule has 0 aromatic carbocycles. The molecular formula is C15H28N2O. The van der Waals surface area contributed by atoms with E-state index in [1.165, 1.54) is 51.7 Å². The van der Waals surface area contributed by atoms with Crippen molar-refractivity contribution in [2.24, 2.45) is 0 Å². The zero-order valence-corrected chi connectivity index (χ0v) is 11.8. The van der Waals surface area contributed by atoms with Crippen molar-refractivity contribution < 1.29 is 5.11 Å². The number of aliphatic hydroxyl groups is 1. The van der Waals surface area contributed by atoms with Crippen molar-refractivity contribution >= 4 is 0 Å². The summed E-state index contributed by atoms with van der Waals surface area (Å²) in [4.78, 5) is 5.25. The van der Waals surface area contributed by atoms with Gasteiger partial charge in [0.25, 0.3) is 0 Å². The molecule has 0 bridgehead atoms. The fraction of sp³-hybridized carbons (Fsp3) is 1.00. The van der Waals surface area contributed by atoms with E-state index in [-0.39, 0.29) is 5.60 Å². The highest BCUT2D eigenvalue weighted by molar-refractivity contribution is 4.94. The molecule has 1 N–H and O–H groups in total. The molecule has 1 aliphatic carbocycles. The van der Waals surface area contributed by atoms with Crippen molar-refractivity contribution in [3.8, 4) is 0 Å². The van der Waals surface area contributed by atoms with E-state index >= 15 is 0 Å². The van der Waals surface area contributed by atoms with Gasteiger partial charge in [-0.15, -0.1) is 0 Å². The number of nitrogens with zero attached hydrogens (tertiary/aromatic N) is 2. The average molecular weight is 252 g/mol. The second kappa shape index (κ2) is 5.10. The molecule has 1 saturated carbocycles. The molecule has 0 amide bonds. The lowest BCUT2D eigenvalue weighted by Gasteiger charge is -2.49. The van der Waals surface area contributed by atoms with Gasteiger partial charge in [0, 0.05) is 31.7 Å². The van der Waals surface area contributed by atoms with Crippen molar-refractivity contribution in [3.63, 3.8) is 0 Å². The van der Waals surface area contributed by atoms with Crippen LogP contribution in [-0.2, 0) is 0 Å². The Morgan fingerprint density at radius 3 is 2.67 bits per heavy atom. The van der Waals surface area contributed by atoms with Crippen LogP contribution in [0.4, 0.5) is 0 Å². The van der Waals surface area contributed by atoms with E-state index in [1.807, 2.05) is 0 Å². The Bertz CT molecular complexity index is 288. The maximum Gasteiger partial charge on any atom is 0.0774 e. The summed E-state index contributed by atoms with van der Waals surface area (Å²) in [5.74, 6) is 0. The summed E-state index contributed by atoms with van der Waals surface area (Å²) < 4.78 is 0. The van der Waals surface area contributed by atoms with Crippen molar-refractivity contribution in [1.82, 2.24) is 9.80 Å². The summed E-state index contributed by atoms with van der Waals surface area (Å²) in [6, 6.07) is 1.38. The van der Waals surface area contributed by atoms with E-state index in [4.69, 9.17) is 0 Å². The normalized spacial score (nSPS) is 37.7. The van der Waals surface area contributed by atoms with Gasteiger partial charge in [0.05, 0.1) is 5.60 Å². The van der Waals surface area contributed by atoms with Crippen LogP contribution in [-0.4, -0.2) is 58.8 Å². The molecule has 3 fully saturated rings. The van der Waals surface area contributed by atoms with Crippen LogP contribution in [0.25, 0.3) is 0 Å². The fourth-order valence-electron chi connectivity index (χ4n) is 4.20. The van der Waals surface area contributed by atoms with Crippen LogP contribution >= 0.6 is 0 Å². The largest absolute Gasteiger partial charge is 0.389 e. The molecule has 2 heterocycles. The Morgan fingerprint density at radius 2 is 1.89 bits per heavy atom. The SMILES string of the molecule is CC1CN2CCCCC2CN1CC1(O)CCCC1. The minimum Gasteiger partial charge on any atom is -0.389 e. The predicted octanol–water partition coefficient (Wildman–Crippen LogP) is 1.85. The molecule has 0 radical (unpaired) electrons. The van der Waals surface area contributed by atoms with Crippen molar-refractivity contribution in [3.05, 3.63) is 0 Å². The van der Waals surface area contributed by atoms with E-state index in [2.05, 4.69) is 16.7 Å². The van der Waals surface area contributed by atoms with Gasteiger partial charge in [0.2, 0.25) is 0 Å². The van der Waals surface area contributed by atoms with Crippen molar-refractivity contribution in [2.75, 3.05) is 26.2 Å². The van der Waals surface area contributed by atoms with E-state index in [0.717, 1.165) is 25.4 Å². The van der Waals surface area contributed by atoms with E-state index in [0.29, 0.717) is 6.04 Å². The van der Waals surface area contributed by atoms with Gasteiger partial charge in [0.15, 0.2) is 0 Å². The molecule has 0 spiro atoms. The van der Waals surface area contributed by atoms with E-state index < -0.39 is 0 Å². The number of hydrogen-bond donors (Lipinski definition) is 1. The molecule has 3 rings (SSSR count). The Labute approximate surface area is 111 Å². The van der Waals surface area contributed by atoms with Gasteiger partial charge < -0.3 is 5.11 Å². The molecular weight excluding hydrogens is 224 g/mol. The molecule has 2 unspecified atom stereocenters. The first-order chi connectivity index (χ1) is 8.66. The highest BCUT2D eigenvalue weighted by atomic mass is 16.3. The topological polar surface area (TPSA) is 26.7 Å². The highest BCUT2D eigenvalue weighted by Crippen LogP contribution is 2.32. The summed E-state index contributed by atoms with van der Waals surface area (Å²) >= 11 is 0. The van der Waals surface area contributed by atoms with E-state index in [1.54, 1.807) is 0 Å². The molecule has 3 aliphatic rings. The lowest BCUT2D eigenvalue weighted by Crippen LogP contribution is -2.61. The summed E-state index contributed by atoms with van der Waals surface area (Å²) in [5.41, 5.74) is -0.370. The Morgan fingerprint density at radius 1 is 1.11 bits per heavy atom. The second-order valence-electron chi connectivity index (χ2n) is 6.85. The van der Waals surface area contributed by atoms with Crippen LogP contribution in [0.1, 0.15) is 51.9 Å². The lowest BCUT2D eigenvalue weighted by molar-refractivity contribution is -0.0448. The van der Waals surface area contributed by atoms with Crippen LogP contribution in [0, 0.1) is 0 Å². The van der Waals surface area contributed by atoms with Crippen LogP contribution in [0.3, 0.4) is 0 Å². The van der Waals surface area contributed by atoms with Gasteiger partial charge >= 0.3 is 0 Å². The molecule has 18 heavy (non-hydrogen) atoms. The molecule has 2 saturated heterocycles. The molecule has 104 valence electrons. The van der Waals surface area contributed by atoms with Crippen LogP contribution in [0.15, 0.2) is 0 Å². The fourth-order valence-corrected chi connectivity index (χ4v) is 4.20. The molecule has 2 aliphatic heterocycles. The number of rotatable bonds is 2. The zero-order valence-electron chi connectivity index (χ0n) is 11.8. The Kier molecular flexibility index (Phi) is 3.65. The number of piperidine rings is 1. The third kappa shape index (κ3) is 2.59. The molecule has 0 aromatic rings. The minimum atomic E-state index is -0.370. The summed E-state index contributed by atoms with van der Waals surface area (Å²) in [7, 11) is 0. The number of hydrogen-bond acceptors (Lipinski definition) is 3. The van der Waals surface area contributed by atoms with Crippen molar-refractivity contribution in [1.29, 1.82) is 0 Å². The Balaban J connectivity index is 1.61. The van der Waals surface area contributed by atoms with Gasteiger partial charge in [-0.2, -0.15) is 0 Å². The maximum atomic E-state index is 10.6. The second-order valence-corrected chi connectivity index (χ2v) is 6.85. The first-order valence-electron chi connectivity index (χ1n) is 7.87. The molecule has 3 nitrogen and oxygen atoms in total. The summed E-state index contributed by atoms with van der Waals surface area (Å²) in [6.07, 6.45) is 8.61. The monoisotopic (exact) mass is 252 g/mol. The third-order valence-corrected chi connectivity index (χ3v) is 5.35. The predicted molar refractivity (Wildman–Crippen MR) is 73.7 cm³/mol. The smallest absolute Gasteiger partial charge is 0.0774 e.